The number of anilines is 6. The van der Waals surface area contributed by atoms with Gasteiger partial charge in [0.1, 0.15) is 0 Å². The number of hydrogen-bond acceptors (Lipinski definition) is 18. The summed E-state index contributed by atoms with van der Waals surface area (Å²) in [6.45, 7) is 23.8. The molecule has 0 saturated carbocycles. The molecule has 9 heterocycles. The van der Waals surface area contributed by atoms with Crippen molar-refractivity contribution in [3.8, 4) is 0 Å². The Morgan fingerprint density at radius 3 is 0.388 bits per heavy atom. The summed E-state index contributed by atoms with van der Waals surface area (Å²) in [5.74, 6) is 0. The molecule has 26 nitrogen and oxygen atoms in total. The van der Waals surface area contributed by atoms with Crippen LogP contribution in [0, 0.1) is 0 Å². The highest BCUT2D eigenvalue weighted by Crippen LogP contribution is 2.16. The van der Waals surface area contributed by atoms with Gasteiger partial charge in [0.05, 0.1) is 0 Å². The van der Waals surface area contributed by atoms with E-state index in [9.17, 15) is 0 Å². The molecule has 0 aromatic carbocycles. The van der Waals surface area contributed by atoms with Gasteiger partial charge in [-0.1, -0.05) is 0 Å². The molecule has 3 aliphatic rings. The van der Waals surface area contributed by atoms with E-state index in [1.807, 2.05) is 74.4 Å². The Balaban J connectivity index is 0. The molecule has 0 unspecified atom stereocenters. The number of hydrogen-bond donors (Lipinski definition) is 6. The van der Waals surface area contributed by atoms with Gasteiger partial charge in [0.2, 0.25) is 0 Å². The van der Waals surface area contributed by atoms with E-state index in [0.717, 1.165) is 157 Å². The highest BCUT2D eigenvalue weighted by atomic mass is 16.0. The molecule has 0 amide bonds. The minimum absolute atomic E-state index is 0. The third-order valence-corrected chi connectivity index (χ3v) is 12.9. The van der Waals surface area contributed by atoms with E-state index in [0.29, 0.717) is 0 Å². The van der Waals surface area contributed by atoms with Gasteiger partial charge < -0.3 is 105 Å². The number of pyridine rings is 6. The van der Waals surface area contributed by atoms with Crippen molar-refractivity contribution in [3.63, 3.8) is 0 Å². The Morgan fingerprint density at radius 2 is 0.287 bits per heavy atom. The molecule has 26 heteroatoms. The zero-order valence-corrected chi connectivity index (χ0v) is 46.2. The molecule has 448 valence electrons. The van der Waals surface area contributed by atoms with Crippen molar-refractivity contribution in [3.05, 3.63) is 147 Å². The third-order valence-electron chi connectivity index (χ3n) is 12.9. The first-order valence-electron chi connectivity index (χ1n) is 25.9. The number of nitrogens with zero attached hydrogens (tertiary/aromatic N) is 12. The number of rotatable bonds is 6. The number of aromatic nitrogens is 6. The molecule has 6 aromatic heterocycles. The molecule has 9 rings (SSSR count). The van der Waals surface area contributed by atoms with E-state index in [1.54, 1.807) is 0 Å². The predicted molar refractivity (Wildman–Crippen MR) is 325 cm³/mol. The first-order chi connectivity index (χ1) is 35.8. The zero-order chi connectivity index (χ0) is 49.4. The van der Waals surface area contributed by atoms with Crippen LogP contribution >= 0.6 is 0 Å². The van der Waals surface area contributed by atoms with Gasteiger partial charge in [-0.15, -0.1) is 0 Å². The van der Waals surface area contributed by atoms with Crippen molar-refractivity contribution in [1.29, 1.82) is 0 Å². The van der Waals surface area contributed by atoms with E-state index in [1.165, 1.54) is 34.1 Å². The van der Waals surface area contributed by atoms with Gasteiger partial charge in [-0.2, -0.15) is 0 Å². The largest absolute Gasteiger partial charge is 0.412 e. The van der Waals surface area contributed by atoms with Gasteiger partial charge in [0.25, 0.3) is 0 Å². The van der Waals surface area contributed by atoms with Gasteiger partial charge in [-0.05, 0) is 72.8 Å². The van der Waals surface area contributed by atoms with Crippen LogP contribution in [0.4, 0.5) is 34.1 Å². The van der Waals surface area contributed by atoms with E-state index < -0.39 is 0 Å². The minimum Gasteiger partial charge on any atom is -0.412 e. The second-order valence-corrected chi connectivity index (χ2v) is 17.7. The third kappa shape index (κ3) is 27.3. The van der Waals surface area contributed by atoms with Crippen molar-refractivity contribution in [2.75, 3.05) is 186 Å². The van der Waals surface area contributed by atoms with Crippen LogP contribution in [0.2, 0.25) is 0 Å². The smallest absolute Gasteiger partial charge is 0.0397 e. The summed E-state index contributed by atoms with van der Waals surface area (Å²) >= 11 is 0. The summed E-state index contributed by atoms with van der Waals surface area (Å²) in [4.78, 5) is 39.1. The highest BCUT2D eigenvalue weighted by molar-refractivity contribution is 5.48. The molecule has 0 aliphatic carbocycles. The summed E-state index contributed by atoms with van der Waals surface area (Å²) in [5.41, 5.74) is 7.44. The van der Waals surface area contributed by atoms with Crippen LogP contribution < -0.4 is 61.3 Å². The van der Waals surface area contributed by atoms with E-state index in [4.69, 9.17) is 0 Å². The first kappa shape index (κ1) is 75.2. The van der Waals surface area contributed by atoms with Gasteiger partial charge >= 0.3 is 0 Å². The van der Waals surface area contributed by atoms with Gasteiger partial charge in [0.15, 0.2) is 0 Å². The Kier molecular flexibility index (Phi) is 43.2. The van der Waals surface area contributed by atoms with Crippen LogP contribution in [0.5, 0.6) is 0 Å². The summed E-state index contributed by atoms with van der Waals surface area (Å²) in [6, 6.07) is 25.0. The highest BCUT2D eigenvalue weighted by Gasteiger charge is 2.13. The standard InChI is InChI=1S/3C18H26N6.8H2O/c3*1-5-19-6-2-17(1)23-13-9-21-11-15-24(16-12-22-10-14-23)18-3-7-20-8-4-18;;;;;;;;/h3*1-8,21-22H,9-16H2;8*1H2. The molecular formula is C54H94N18O8. The predicted octanol–water partition coefficient (Wildman–Crippen LogP) is -3.65. The van der Waals surface area contributed by atoms with E-state index >= 15 is 0 Å². The van der Waals surface area contributed by atoms with Crippen LogP contribution in [0.3, 0.4) is 0 Å². The van der Waals surface area contributed by atoms with Gasteiger partial charge in [-0.3, -0.25) is 29.9 Å². The summed E-state index contributed by atoms with van der Waals surface area (Å²) in [5, 5.41) is 21.4. The topological polar surface area (TPSA) is 421 Å². The second-order valence-electron chi connectivity index (χ2n) is 17.7. The number of nitrogens with one attached hydrogen (secondary N) is 6. The fourth-order valence-electron chi connectivity index (χ4n) is 8.87. The van der Waals surface area contributed by atoms with Gasteiger partial charge in [-0.25, -0.2) is 0 Å². The molecule has 6 aromatic rings. The maximum absolute atomic E-state index is 4.11. The zero-order valence-electron chi connectivity index (χ0n) is 46.2. The van der Waals surface area contributed by atoms with Crippen LogP contribution in [0.1, 0.15) is 0 Å². The Bertz CT molecular complexity index is 1830. The molecular weight excluding hydrogens is 1030 g/mol. The fraction of sp³-hybridized carbons (Fsp3) is 0.444. The van der Waals surface area contributed by atoms with Crippen molar-refractivity contribution >= 4 is 34.1 Å². The second kappa shape index (κ2) is 45.9. The molecule has 0 atom stereocenters. The SMILES string of the molecule is O.O.O.O.O.O.O.O.c1cc(N2CCNCCN(c3ccncc3)CCNCC2)ccn1.c1cc(N2CCNCCN(c3ccncc3)CCNCC2)ccn1.c1cc(N2CCNCCN(c3ccncc3)CCNCC2)ccn1. The van der Waals surface area contributed by atoms with Gasteiger partial charge in [0, 0.05) is 266 Å². The van der Waals surface area contributed by atoms with Crippen molar-refractivity contribution in [1.82, 2.24) is 61.8 Å². The molecule has 0 spiro atoms. The normalized spacial score (nSPS) is 16.1. The van der Waals surface area contributed by atoms with Crippen LogP contribution in [-0.4, -0.2) is 231 Å². The molecule has 0 radical (unpaired) electrons. The Labute approximate surface area is 471 Å². The lowest BCUT2D eigenvalue weighted by molar-refractivity contribution is 0.589. The fourth-order valence-corrected chi connectivity index (χ4v) is 8.87. The van der Waals surface area contributed by atoms with Crippen molar-refractivity contribution in [2.24, 2.45) is 0 Å². The maximum atomic E-state index is 4.11. The van der Waals surface area contributed by atoms with Crippen LogP contribution in [0.25, 0.3) is 0 Å². The first-order valence-corrected chi connectivity index (χ1v) is 25.9. The summed E-state index contributed by atoms with van der Waals surface area (Å²) < 4.78 is 0. The molecule has 0 bridgehead atoms. The lowest BCUT2D eigenvalue weighted by Gasteiger charge is -2.29. The monoisotopic (exact) mass is 1120 g/mol. The average Bonchev–Trinajstić information content (AvgIpc) is 3.43. The summed E-state index contributed by atoms with van der Waals surface area (Å²) in [7, 11) is 0. The molecule has 3 fully saturated rings. The molecule has 3 saturated heterocycles. The maximum Gasteiger partial charge on any atom is 0.0397 e. The molecule has 3 aliphatic heterocycles. The van der Waals surface area contributed by atoms with Crippen LogP contribution in [0.15, 0.2) is 147 Å². The summed E-state index contributed by atoms with van der Waals surface area (Å²) in [6.07, 6.45) is 22.3. The average molecular weight is 1120 g/mol. The molecule has 80 heavy (non-hydrogen) atoms. The van der Waals surface area contributed by atoms with Crippen molar-refractivity contribution < 1.29 is 43.8 Å². The Hall–Kier alpha value is -6.86. The Morgan fingerprint density at radius 1 is 0.188 bits per heavy atom. The van der Waals surface area contributed by atoms with Crippen molar-refractivity contribution in [2.45, 2.75) is 0 Å². The molecule has 22 N–H and O–H groups in total. The minimum atomic E-state index is 0. The van der Waals surface area contributed by atoms with E-state index in [-0.39, 0.29) is 43.8 Å². The lowest BCUT2D eigenvalue weighted by Crippen LogP contribution is -2.43. The lowest BCUT2D eigenvalue weighted by atomic mass is 10.3. The van der Waals surface area contributed by atoms with Crippen LogP contribution in [-0.2, 0) is 0 Å². The van der Waals surface area contributed by atoms with E-state index in [2.05, 4.69) is 164 Å². The quantitative estimate of drug-likeness (QED) is 0.0936.